The lowest BCUT2D eigenvalue weighted by Crippen LogP contribution is -2.32. The maximum atomic E-state index is 11.8. The van der Waals surface area contributed by atoms with Gasteiger partial charge in [0.1, 0.15) is 11.5 Å². The zero-order valence-electron chi connectivity index (χ0n) is 11.2. The van der Waals surface area contributed by atoms with Gasteiger partial charge in [-0.1, -0.05) is 0 Å². The second-order valence-corrected chi connectivity index (χ2v) is 6.17. The zero-order valence-corrected chi connectivity index (χ0v) is 12.0. The molecule has 2 heterocycles. The van der Waals surface area contributed by atoms with Gasteiger partial charge in [-0.05, 0) is 30.9 Å². The lowest BCUT2D eigenvalue weighted by atomic mass is 10.2. The largest absolute Gasteiger partial charge is 0.383 e. The van der Waals surface area contributed by atoms with Gasteiger partial charge in [0.25, 0.3) is 5.56 Å². The van der Waals surface area contributed by atoms with Crippen LogP contribution in [0.25, 0.3) is 0 Å². The Morgan fingerprint density at radius 2 is 2.25 bits per heavy atom. The first-order chi connectivity index (χ1) is 9.56. The number of aryl methyl sites for hydroxylation is 2. The van der Waals surface area contributed by atoms with Crippen LogP contribution in [0.2, 0.25) is 0 Å². The Bertz CT molecular complexity index is 750. The summed E-state index contributed by atoms with van der Waals surface area (Å²) in [6.07, 6.45) is 3.54. The first-order valence-corrected chi connectivity index (χ1v) is 7.31. The molecule has 0 saturated carbocycles. The monoisotopic (exact) mass is 292 g/mol. The first kappa shape index (κ1) is 13.0. The standard InChI is InChI=1S/C13H16N4O2S/c1-17-11(14)10(12(18)16-13(17)19)15-6-8-5-7-3-2-4-9(7)20-8/h5,15H,2-4,6,14H2,1H3,(H,16,18,19). The van der Waals surface area contributed by atoms with Crippen LogP contribution in [0.15, 0.2) is 15.7 Å². The highest BCUT2D eigenvalue weighted by molar-refractivity contribution is 7.12. The number of nitrogens with two attached hydrogens (primary N) is 1. The Hall–Kier alpha value is -2.02. The minimum Gasteiger partial charge on any atom is -0.383 e. The van der Waals surface area contributed by atoms with Gasteiger partial charge in [-0.2, -0.15) is 0 Å². The molecule has 3 rings (SSSR count). The molecule has 0 atom stereocenters. The summed E-state index contributed by atoms with van der Waals surface area (Å²) in [6.45, 7) is 0.545. The molecule has 106 valence electrons. The Morgan fingerprint density at radius 1 is 1.45 bits per heavy atom. The number of rotatable bonds is 3. The molecule has 0 spiro atoms. The molecule has 0 fully saturated rings. The molecule has 6 nitrogen and oxygen atoms in total. The Kier molecular flexibility index (Phi) is 3.13. The molecule has 2 aromatic heterocycles. The van der Waals surface area contributed by atoms with Crippen LogP contribution in [-0.2, 0) is 26.4 Å². The van der Waals surface area contributed by atoms with Crippen LogP contribution in [0.4, 0.5) is 11.5 Å². The van der Waals surface area contributed by atoms with Gasteiger partial charge in [-0.3, -0.25) is 14.3 Å². The summed E-state index contributed by atoms with van der Waals surface area (Å²) >= 11 is 1.78. The van der Waals surface area contributed by atoms with Gasteiger partial charge in [0.2, 0.25) is 0 Å². The number of aromatic nitrogens is 2. The van der Waals surface area contributed by atoms with Gasteiger partial charge in [0.05, 0.1) is 0 Å². The number of nitrogen functional groups attached to an aromatic ring is 1. The summed E-state index contributed by atoms with van der Waals surface area (Å²) in [5.41, 5.74) is 6.50. The zero-order chi connectivity index (χ0) is 14.3. The van der Waals surface area contributed by atoms with Gasteiger partial charge >= 0.3 is 5.69 Å². The first-order valence-electron chi connectivity index (χ1n) is 6.49. The van der Waals surface area contributed by atoms with Crippen LogP contribution in [-0.4, -0.2) is 9.55 Å². The third-order valence-corrected chi connectivity index (χ3v) is 4.84. The van der Waals surface area contributed by atoms with Crippen molar-refractivity contribution in [2.75, 3.05) is 11.1 Å². The minimum absolute atomic E-state index is 0.155. The predicted octanol–water partition coefficient (Wildman–Crippen LogP) is 0.818. The molecule has 0 unspecified atom stereocenters. The van der Waals surface area contributed by atoms with Crippen molar-refractivity contribution < 1.29 is 0 Å². The van der Waals surface area contributed by atoms with E-state index in [0.29, 0.717) is 6.54 Å². The molecule has 7 heteroatoms. The van der Waals surface area contributed by atoms with E-state index < -0.39 is 11.2 Å². The molecular formula is C13H16N4O2S. The van der Waals surface area contributed by atoms with E-state index in [-0.39, 0.29) is 11.5 Å². The topological polar surface area (TPSA) is 92.9 Å². The summed E-state index contributed by atoms with van der Waals surface area (Å²) in [4.78, 5) is 28.0. The van der Waals surface area contributed by atoms with E-state index >= 15 is 0 Å². The molecular weight excluding hydrogens is 276 g/mol. The van der Waals surface area contributed by atoms with Crippen LogP contribution < -0.4 is 22.3 Å². The molecule has 4 N–H and O–H groups in total. The third-order valence-electron chi connectivity index (χ3n) is 3.61. The number of fused-ring (bicyclic) bond motifs is 1. The van der Waals surface area contributed by atoms with E-state index in [2.05, 4.69) is 16.4 Å². The molecule has 0 aliphatic heterocycles. The lowest BCUT2D eigenvalue weighted by molar-refractivity contribution is 0.813. The van der Waals surface area contributed by atoms with Gasteiger partial charge in [-0.15, -0.1) is 11.3 Å². The van der Waals surface area contributed by atoms with Crippen LogP contribution in [0.3, 0.4) is 0 Å². The average Bonchev–Trinajstić information content (AvgIpc) is 2.96. The van der Waals surface area contributed by atoms with Crippen molar-refractivity contribution in [2.24, 2.45) is 7.05 Å². The molecule has 2 aromatic rings. The number of anilines is 2. The SMILES string of the molecule is Cn1c(N)c(NCc2cc3c(s2)CCC3)c(=O)[nH]c1=O. The molecule has 0 aromatic carbocycles. The molecule has 20 heavy (non-hydrogen) atoms. The van der Waals surface area contributed by atoms with Crippen molar-refractivity contribution in [1.82, 2.24) is 9.55 Å². The van der Waals surface area contributed by atoms with E-state index in [9.17, 15) is 9.59 Å². The normalized spacial score (nSPS) is 13.4. The van der Waals surface area contributed by atoms with Crippen LogP contribution >= 0.6 is 11.3 Å². The Morgan fingerprint density at radius 3 is 3.00 bits per heavy atom. The number of thiophene rings is 1. The number of aromatic amines is 1. The lowest BCUT2D eigenvalue weighted by Gasteiger charge is -2.09. The van der Waals surface area contributed by atoms with Crippen LogP contribution in [0, 0.1) is 0 Å². The van der Waals surface area contributed by atoms with Gasteiger partial charge < -0.3 is 11.1 Å². The number of H-pyrrole nitrogens is 1. The molecule has 1 aliphatic rings. The maximum absolute atomic E-state index is 11.8. The van der Waals surface area contributed by atoms with Crippen molar-refractivity contribution in [3.05, 3.63) is 42.2 Å². The van der Waals surface area contributed by atoms with E-state index in [1.165, 1.54) is 33.4 Å². The third kappa shape index (κ3) is 2.14. The van der Waals surface area contributed by atoms with Gasteiger partial charge in [0, 0.05) is 23.3 Å². The molecule has 1 aliphatic carbocycles. The minimum atomic E-state index is -0.506. The predicted molar refractivity (Wildman–Crippen MR) is 80.4 cm³/mol. The Balaban J connectivity index is 1.83. The molecule has 0 amide bonds. The van der Waals surface area contributed by atoms with Crippen LogP contribution in [0.1, 0.15) is 21.7 Å². The van der Waals surface area contributed by atoms with Crippen molar-refractivity contribution >= 4 is 22.8 Å². The average molecular weight is 292 g/mol. The fraction of sp³-hybridized carbons (Fsp3) is 0.385. The van der Waals surface area contributed by atoms with Crippen LogP contribution in [0.5, 0.6) is 0 Å². The molecule has 0 saturated heterocycles. The number of hydrogen-bond acceptors (Lipinski definition) is 5. The summed E-state index contributed by atoms with van der Waals surface area (Å²) < 4.78 is 1.22. The number of nitrogens with one attached hydrogen (secondary N) is 2. The molecule has 0 radical (unpaired) electrons. The summed E-state index contributed by atoms with van der Waals surface area (Å²) in [6, 6.07) is 2.19. The van der Waals surface area contributed by atoms with E-state index in [1.807, 2.05) is 0 Å². The van der Waals surface area contributed by atoms with Gasteiger partial charge in [0.15, 0.2) is 0 Å². The number of hydrogen-bond donors (Lipinski definition) is 3. The smallest absolute Gasteiger partial charge is 0.329 e. The fourth-order valence-electron chi connectivity index (χ4n) is 2.46. The highest BCUT2D eigenvalue weighted by Crippen LogP contribution is 2.30. The summed E-state index contributed by atoms with van der Waals surface area (Å²) in [5.74, 6) is 0.155. The second-order valence-electron chi connectivity index (χ2n) is 4.95. The maximum Gasteiger partial charge on any atom is 0.329 e. The van der Waals surface area contributed by atoms with Gasteiger partial charge in [-0.25, -0.2) is 4.79 Å². The highest BCUT2D eigenvalue weighted by atomic mass is 32.1. The van der Waals surface area contributed by atoms with E-state index in [0.717, 1.165) is 12.8 Å². The van der Waals surface area contributed by atoms with Crippen molar-refractivity contribution in [1.29, 1.82) is 0 Å². The Labute approximate surface area is 119 Å². The van der Waals surface area contributed by atoms with E-state index in [1.54, 1.807) is 11.3 Å². The molecule has 0 bridgehead atoms. The van der Waals surface area contributed by atoms with Crippen molar-refractivity contribution in [3.63, 3.8) is 0 Å². The van der Waals surface area contributed by atoms with Crippen molar-refractivity contribution in [3.8, 4) is 0 Å². The second kappa shape index (κ2) is 4.82. The number of nitrogens with zero attached hydrogens (tertiary/aromatic N) is 1. The van der Waals surface area contributed by atoms with Crippen molar-refractivity contribution in [2.45, 2.75) is 25.8 Å². The highest BCUT2D eigenvalue weighted by Gasteiger charge is 2.15. The summed E-state index contributed by atoms with van der Waals surface area (Å²) in [7, 11) is 1.53. The summed E-state index contributed by atoms with van der Waals surface area (Å²) in [5, 5.41) is 3.04. The van der Waals surface area contributed by atoms with E-state index in [4.69, 9.17) is 5.73 Å². The fourth-order valence-corrected chi connectivity index (χ4v) is 3.66. The quantitative estimate of drug-likeness (QED) is 0.781.